The molecule has 3 aromatic rings. The molecular weight excluding hydrogens is 616 g/mol. The first-order chi connectivity index (χ1) is 22.0. The van der Waals surface area contributed by atoms with Gasteiger partial charge in [-0.25, -0.2) is 13.2 Å². The monoisotopic (exact) mass is 654 g/mol. The molecule has 0 aromatic heterocycles. The van der Waals surface area contributed by atoms with E-state index in [9.17, 15) is 18.0 Å². The number of carbonyl (C=O) groups excluding carboxylic acids is 2. The summed E-state index contributed by atoms with van der Waals surface area (Å²) in [6.07, 6.45) is -0.807. The summed E-state index contributed by atoms with van der Waals surface area (Å²) in [6, 6.07) is 22.1. The maximum absolute atomic E-state index is 14.3. The summed E-state index contributed by atoms with van der Waals surface area (Å²) < 4.78 is 64.3. The average Bonchev–Trinajstić information content (AvgIpc) is 3.06. The van der Waals surface area contributed by atoms with Gasteiger partial charge >= 0.3 is 18.0 Å². The van der Waals surface area contributed by atoms with Gasteiger partial charge in [-0.05, 0) is 42.3 Å². The first-order valence-electron chi connectivity index (χ1n) is 14.8. The first-order valence-corrected chi connectivity index (χ1v) is 16.2. The van der Waals surface area contributed by atoms with Crippen LogP contribution in [0.5, 0.6) is 5.75 Å². The molecular formula is C33H38N2O10S. The number of esters is 1. The van der Waals surface area contributed by atoms with Crippen LogP contribution in [0.15, 0.2) is 89.8 Å². The molecule has 2 bridgehead atoms. The molecule has 3 aliphatic rings. The highest BCUT2D eigenvalue weighted by atomic mass is 32.2. The Morgan fingerprint density at radius 1 is 0.848 bits per heavy atom. The SMILES string of the molecule is CC(=O)OCN(C(C(C)NC(=O)OCc1ccccc1)C12OCC(C)(CO1)CO2)S(=O)(=O)c1ccc(OCc2ccccc2)cc1. The fourth-order valence-electron chi connectivity index (χ4n) is 5.13. The van der Waals surface area contributed by atoms with Crippen molar-refractivity contribution in [3.8, 4) is 5.75 Å². The number of nitrogens with zero attached hydrogens (tertiary/aromatic N) is 1. The molecule has 6 rings (SSSR count). The molecule has 3 aliphatic heterocycles. The van der Waals surface area contributed by atoms with Gasteiger partial charge in [0.1, 0.15) is 25.0 Å². The normalized spacial score (nSPS) is 22.1. The smallest absolute Gasteiger partial charge is 0.407 e. The van der Waals surface area contributed by atoms with Crippen LogP contribution in [0.1, 0.15) is 31.9 Å². The molecule has 12 nitrogen and oxygen atoms in total. The van der Waals surface area contributed by atoms with Gasteiger partial charge in [-0.15, -0.1) is 4.31 Å². The predicted octanol–water partition coefficient (Wildman–Crippen LogP) is 4.20. The Labute approximate surface area is 268 Å². The number of benzene rings is 3. The quantitative estimate of drug-likeness (QED) is 0.211. The lowest BCUT2D eigenvalue weighted by atomic mass is 9.90. The summed E-state index contributed by atoms with van der Waals surface area (Å²) in [5.74, 6) is -2.18. The Hall–Kier alpha value is -4.01. The van der Waals surface area contributed by atoms with Crippen LogP contribution in [0.3, 0.4) is 0 Å². The minimum atomic E-state index is -4.44. The fraction of sp³-hybridized carbons (Fsp3) is 0.394. The van der Waals surface area contributed by atoms with Crippen LogP contribution in [0.2, 0.25) is 0 Å². The Morgan fingerprint density at radius 3 is 1.93 bits per heavy atom. The van der Waals surface area contributed by atoms with Crippen molar-refractivity contribution in [1.82, 2.24) is 9.62 Å². The maximum atomic E-state index is 14.3. The Balaban J connectivity index is 1.42. The molecule has 3 heterocycles. The number of rotatable bonds is 13. The number of hydrogen-bond donors (Lipinski definition) is 1. The number of carbonyl (C=O) groups is 2. The number of nitrogens with one attached hydrogen (secondary N) is 1. The molecule has 13 heteroatoms. The van der Waals surface area contributed by atoms with E-state index in [-0.39, 0.29) is 31.3 Å². The van der Waals surface area contributed by atoms with Crippen LogP contribution in [0, 0.1) is 5.41 Å². The van der Waals surface area contributed by atoms with E-state index >= 15 is 0 Å². The maximum Gasteiger partial charge on any atom is 0.407 e. The van der Waals surface area contributed by atoms with E-state index in [0.717, 1.165) is 22.4 Å². The molecule has 3 fully saturated rings. The molecule has 3 aromatic carbocycles. The lowest BCUT2D eigenvalue weighted by Crippen LogP contribution is -2.72. The van der Waals surface area contributed by atoms with Crippen molar-refractivity contribution in [2.24, 2.45) is 5.41 Å². The highest BCUT2D eigenvalue weighted by molar-refractivity contribution is 7.89. The van der Waals surface area contributed by atoms with Crippen molar-refractivity contribution < 1.29 is 46.4 Å². The van der Waals surface area contributed by atoms with Gasteiger partial charge in [0.05, 0.1) is 30.8 Å². The van der Waals surface area contributed by atoms with Gasteiger partial charge in [-0.1, -0.05) is 67.6 Å². The van der Waals surface area contributed by atoms with Crippen molar-refractivity contribution in [3.63, 3.8) is 0 Å². The summed E-state index contributed by atoms with van der Waals surface area (Å²) in [5, 5.41) is 2.70. The minimum absolute atomic E-state index is 0.00872. The highest BCUT2D eigenvalue weighted by Crippen LogP contribution is 2.43. The third-order valence-electron chi connectivity index (χ3n) is 7.64. The van der Waals surface area contributed by atoms with Crippen LogP contribution in [-0.4, -0.2) is 69.4 Å². The second-order valence-electron chi connectivity index (χ2n) is 11.6. The first kappa shape index (κ1) is 33.4. The summed E-state index contributed by atoms with van der Waals surface area (Å²) in [4.78, 5) is 24.8. The van der Waals surface area contributed by atoms with E-state index in [0.29, 0.717) is 12.4 Å². The van der Waals surface area contributed by atoms with Crippen LogP contribution in [0.4, 0.5) is 4.79 Å². The largest absolute Gasteiger partial charge is 0.489 e. The molecule has 3 saturated heterocycles. The van der Waals surface area contributed by atoms with Crippen LogP contribution >= 0.6 is 0 Å². The molecule has 1 amide bonds. The molecule has 0 spiro atoms. The van der Waals surface area contributed by atoms with E-state index in [1.54, 1.807) is 19.1 Å². The van der Waals surface area contributed by atoms with E-state index in [2.05, 4.69) is 5.32 Å². The summed E-state index contributed by atoms with van der Waals surface area (Å²) in [7, 11) is -4.44. The van der Waals surface area contributed by atoms with E-state index < -0.39 is 52.3 Å². The van der Waals surface area contributed by atoms with Gasteiger partial charge in [-0.2, -0.15) is 0 Å². The van der Waals surface area contributed by atoms with Gasteiger partial charge in [0, 0.05) is 12.3 Å². The Kier molecular flexibility index (Phi) is 10.3. The van der Waals surface area contributed by atoms with Crippen LogP contribution in [-0.2, 0) is 51.7 Å². The van der Waals surface area contributed by atoms with Gasteiger partial charge in [-0.3, -0.25) is 4.79 Å². The molecule has 246 valence electrons. The zero-order valence-electron chi connectivity index (χ0n) is 25.9. The van der Waals surface area contributed by atoms with Crippen molar-refractivity contribution in [1.29, 1.82) is 0 Å². The standard InChI is InChI=1S/C33H38N2O10S/c1-24(34-31(37)41-19-27-12-8-5-9-13-27)30(33-43-20-32(3,21-44-33)22-45-33)35(23-42-25(2)36)46(38,39)29-16-14-28(15-17-29)40-18-26-10-6-4-7-11-26/h4-17,24,30H,18-23H2,1-3H3,(H,34,37). The number of sulfonamides is 1. The third kappa shape index (κ3) is 7.85. The lowest BCUT2D eigenvalue weighted by molar-refractivity contribution is -0.480. The van der Waals surface area contributed by atoms with Gasteiger partial charge in [0.2, 0.25) is 10.0 Å². The topological polar surface area (TPSA) is 139 Å². The molecule has 0 saturated carbocycles. The number of ether oxygens (including phenoxy) is 6. The van der Waals surface area contributed by atoms with Crippen LogP contribution < -0.4 is 10.1 Å². The van der Waals surface area contributed by atoms with E-state index in [1.807, 2.05) is 55.5 Å². The fourth-order valence-corrected chi connectivity index (χ4v) is 6.68. The van der Waals surface area contributed by atoms with Gasteiger partial charge < -0.3 is 33.7 Å². The van der Waals surface area contributed by atoms with Crippen molar-refractivity contribution in [3.05, 3.63) is 96.1 Å². The van der Waals surface area contributed by atoms with Crippen molar-refractivity contribution in [2.75, 3.05) is 26.6 Å². The van der Waals surface area contributed by atoms with Crippen molar-refractivity contribution >= 4 is 22.1 Å². The molecule has 2 atom stereocenters. The third-order valence-corrected chi connectivity index (χ3v) is 9.46. The zero-order chi connectivity index (χ0) is 32.8. The second kappa shape index (κ2) is 14.2. The number of amides is 1. The molecule has 0 radical (unpaired) electrons. The minimum Gasteiger partial charge on any atom is -0.489 e. The van der Waals surface area contributed by atoms with Gasteiger partial charge in [0.25, 0.3) is 0 Å². The van der Waals surface area contributed by atoms with Crippen LogP contribution in [0.25, 0.3) is 0 Å². The molecule has 1 N–H and O–H groups in total. The number of alkyl carbamates (subject to hydrolysis) is 1. The average molecular weight is 655 g/mol. The van der Waals surface area contributed by atoms with Crippen molar-refractivity contribution in [2.45, 2.75) is 56.9 Å². The van der Waals surface area contributed by atoms with E-state index in [4.69, 9.17) is 28.4 Å². The Morgan fingerprint density at radius 2 is 1.39 bits per heavy atom. The van der Waals surface area contributed by atoms with E-state index in [1.165, 1.54) is 24.3 Å². The zero-order valence-corrected chi connectivity index (χ0v) is 26.7. The number of hydrogen-bond acceptors (Lipinski definition) is 10. The summed E-state index contributed by atoms with van der Waals surface area (Å²) >= 11 is 0. The Bertz CT molecular complexity index is 1560. The summed E-state index contributed by atoms with van der Waals surface area (Å²) in [6.45, 7) is 4.86. The highest BCUT2D eigenvalue weighted by Gasteiger charge is 2.60. The van der Waals surface area contributed by atoms with Gasteiger partial charge in [0.15, 0.2) is 6.73 Å². The molecule has 2 unspecified atom stereocenters. The second-order valence-corrected chi connectivity index (χ2v) is 13.5. The summed E-state index contributed by atoms with van der Waals surface area (Å²) in [5.41, 5.74) is 1.28. The number of fused-ring (bicyclic) bond motifs is 3. The molecule has 46 heavy (non-hydrogen) atoms. The predicted molar refractivity (Wildman–Crippen MR) is 165 cm³/mol. The molecule has 0 aliphatic carbocycles. The lowest BCUT2D eigenvalue weighted by Gasteiger charge is -2.55.